The quantitative estimate of drug-likeness (QED) is 0.835. The molecule has 2 nitrogen and oxygen atoms in total. The average Bonchev–Trinajstić information content (AvgIpc) is 2.79. The maximum Gasteiger partial charge on any atom is 0.0556 e. The molecular weight excluding hydrogens is 246 g/mol. The molecule has 1 aromatic rings. The van der Waals surface area contributed by atoms with Crippen molar-refractivity contribution < 1.29 is 4.74 Å². The third kappa shape index (κ3) is 3.24. The fourth-order valence-electron chi connectivity index (χ4n) is 4.28. The van der Waals surface area contributed by atoms with Crippen LogP contribution in [0.15, 0.2) is 30.3 Å². The van der Waals surface area contributed by atoms with Crippen LogP contribution in [-0.4, -0.2) is 36.7 Å². The van der Waals surface area contributed by atoms with Crippen LogP contribution in [0.4, 0.5) is 0 Å². The number of hydrogen-bond acceptors (Lipinski definition) is 2. The minimum Gasteiger partial charge on any atom is -0.376 e. The topological polar surface area (TPSA) is 12.5 Å². The van der Waals surface area contributed by atoms with Crippen LogP contribution in [0.2, 0.25) is 0 Å². The van der Waals surface area contributed by atoms with E-state index in [-0.39, 0.29) is 0 Å². The number of likely N-dealkylation sites (tertiary alicyclic amines) is 1. The zero-order chi connectivity index (χ0) is 14.0. The Kier molecular flexibility index (Phi) is 4.13. The second-order valence-electron chi connectivity index (χ2n) is 6.93. The molecule has 0 saturated carbocycles. The van der Waals surface area contributed by atoms with Gasteiger partial charge in [0.1, 0.15) is 0 Å². The van der Waals surface area contributed by atoms with Gasteiger partial charge in [0.25, 0.3) is 0 Å². The van der Waals surface area contributed by atoms with E-state index in [1.54, 1.807) is 0 Å². The second-order valence-corrected chi connectivity index (χ2v) is 6.93. The van der Waals surface area contributed by atoms with Gasteiger partial charge in [-0.15, -0.1) is 0 Å². The van der Waals surface area contributed by atoms with Crippen LogP contribution in [0.3, 0.4) is 0 Å². The predicted octanol–water partition coefficient (Wildman–Crippen LogP) is 3.51. The molecule has 2 fully saturated rings. The molecule has 0 amide bonds. The standard InChI is InChI=1S/C18H27NO/c1-15-12-18(13-16(2)20-15)9-11-19(14-18)10-8-17-6-4-3-5-7-17/h3-7,15-16H,8-14H2,1-2H3/t15-,16+,18?. The molecule has 2 heterocycles. The molecule has 2 heteroatoms. The average molecular weight is 273 g/mol. The largest absolute Gasteiger partial charge is 0.376 e. The lowest BCUT2D eigenvalue weighted by Crippen LogP contribution is -2.40. The summed E-state index contributed by atoms with van der Waals surface area (Å²) in [5.41, 5.74) is 2.00. The fraction of sp³-hybridized carbons (Fsp3) is 0.667. The molecule has 1 spiro atoms. The van der Waals surface area contributed by atoms with E-state index in [1.807, 2.05) is 0 Å². The molecule has 20 heavy (non-hydrogen) atoms. The van der Waals surface area contributed by atoms with Gasteiger partial charge in [-0.2, -0.15) is 0 Å². The van der Waals surface area contributed by atoms with Crippen molar-refractivity contribution in [2.45, 2.75) is 51.7 Å². The summed E-state index contributed by atoms with van der Waals surface area (Å²) in [6.45, 7) is 8.23. The van der Waals surface area contributed by atoms with Gasteiger partial charge < -0.3 is 9.64 Å². The molecule has 0 aromatic heterocycles. The van der Waals surface area contributed by atoms with E-state index < -0.39 is 0 Å². The summed E-state index contributed by atoms with van der Waals surface area (Å²) in [6.07, 6.45) is 5.91. The highest BCUT2D eigenvalue weighted by atomic mass is 16.5. The molecule has 3 rings (SSSR count). The summed E-state index contributed by atoms with van der Waals surface area (Å²) in [5, 5.41) is 0. The Morgan fingerprint density at radius 2 is 1.85 bits per heavy atom. The van der Waals surface area contributed by atoms with Gasteiger partial charge in [0.05, 0.1) is 12.2 Å². The number of hydrogen-bond donors (Lipinski definition) is 0. The summed E-state index contributed by atoms with van der Waals surface area (Å²) in [4.78, 5) is 2.66. The van der Waals surface area contributed by atoms with Gasteiger partial charge in [-0.3, -0.25) is 0 Å². The predicted molar refractivity (Wildman–Crippen MR) is 82.9 cm³/mol. The summed E-state index contributed by atoms with van der Waals surface area (Å²) >= 11 is 0. The van der Waals surface area contributed by atoms with Crippen LogP contribution in [0.25, 0.3) is 0 Å². The molecule has 2 saturated heterocycles. The maximum absolute atomic E-state index is 5.92. The van der Waals surface area contributed by atoms with Crippen molar-refractivity contribution >= 4 is 0 Å². The van der Waals surface area contributed by atoms with Crippen LogP contribution < -0.4 is 0 Å². The lowest BCUT2D eigenvalue weighted by atomic mass is 9.75. The Hall–Kier alpha value is -0.860. The van der Waals surface area contributed by atoms with Gasteiger partial charge >= 0.3 is 0 Å². The van der Waals surface area contributed by atoms with Crippen molar-refractivity contribution in [3.8, 4) is 0 Å². The molecule has 2 aliphatic heterocycles. The Balaban J connectivity index is 1.54. The minimum absolute atomic E-state index is 0.438. The molecule has 1 unspecified atom stereocenters. The normalized spacial score (nSPS) is 34.7. The maximum atomic E-state index is 5.92. The summed E-state index contributed by atoms with van der Waals surface area (Å²) in [7, 11) is 0. The Labute approximate surface area is 123 Å². The monoisotopic (exact) mass is 273 g/mol. The summed E-state index contributed by atoms with van der Waals surface area (Å²) in [6, 6.07) is 10.9. The highest BCUT2D eigenvalue weighted by Crippen LogP contribution is 2.43. The van der Waals surface area contributed by atoms with Gasteiger partial charge in [-0.05, 0) is 57.1 Å². The van der Waals surface area contributed by atoms with Crippen LogP contribution >= 0.6 is 0 Å². The van der Waals surface area contributed by atoms with Gasteiger partial charge in [0.15, 0.2) is 0 Å². The van der Waals surface area contributed by atoms with Crippen molar-refractivity contribution in [3.05, 3.63) is 35.9 Å². The van der Waals surface area contributed by atoms with Gasteiger partial charge in [-0.1, -0.05) is 30.3 Å². The Bertz CT molecular complexity index is 420. The van der Waals surface area contributed by atoms with E-state index in [9.17, 15) is 0 Å². The zero-order valence-electron chi connectivity index (χ0n) is 12.8. The summed E-state index contributed by atoms with van der Waals surface area (Å²) in [5.74, 6) is 0. The van der Waals surface area contributed by atoms with E-state index in [4.69, 9.17) is 4.74 Å². The third-order valence-electron chi connectivity index (χ3n) is 4.98. The van der Waals surface area contributed by atoms with E-state index in [1.165, 1.54) is 50.9 Å². The number of ether oxygens (including phenoxy) is 1. The second kappa shape index (κ2) is 5.87. The van der Waals surface area contributed by atoms with Crippen LogP contribution in [0.1, 0.15) is 38.7 Å². The molecule has 2 aliphatic rings. The first-order valence-corrected chi connectivity index (χ1v) is 8.07. The first-order chi connectivity index (χ1) is 9.65. The van der Waals surface area contributed by atoms with Gasteiger partial charge in [0.2, 0.25) is 0 Å². The first-order valence-electron chi connectivity index (χ1n) is 8.07. The highest BCUT2D eigenvalue weighted by Gasteiger charge is 2.43. The Morgan fingerprint density at radius 1 is 1.15 bits per heavy atom. The van der Waals surface area contributed by atoms with Crippen molar-refractivity contribution in [2.24, 2.45) is 5.41 Å². The lowest BCUT2D eigenvalue weighted by molar-refractivity contribution is -0.0836. The van der Waals surface area contributed by atoms with E-state index in [0.717, 1.165) is 0 Å². The highest BCUT2D eigenvalue weighted by molar-refractivity contribution is 5.15. The van der Waals surface area contributed by atoms with Crippen molar-refractivity contribution in [1.82, 2.24) is 4.90 Å². The minimum atomic E-state index is 0.438. The first kappa shape index (κ1) is 14.1. The Morgan fingerprint density at radius 3 is 2.55 bits per heavy atom. The lowest BCUT2D eigenvalue weighted by Gasteiger charge is -2.40. The van der Waals surface area contributed by atoms with E-state index >= 15 is 0 Å². The molecule has 0 radical (unpaired) electrons. The van der Waals surface area contributed by atoms with Gasteiger partial charge in [0, 0.05) is 13.1 Å². The molecule has 0 N–H and O–H groups in total. The molecule has 3 atom stereocenters. The smallest absolute Gasteiger partial charge is 0.0556 e. The summed E-state index contributed by atoms with van der Waals surface area (Å²) < 4.78 is 5.92. The van der Waals surface area contributed by atoms with Crippen molar-refractivity contribution in [1.29, 1.82) is 0 Å². The number of rotatable bonds is 3. The van der Waals surface area contributed by atoms with Crippen LogP contribution in [0.5, 0.6) is 0 Å². The van der Waals surface area contributed by atoms with Gasteiger partial charge in [-0.25, -0.2) is 0 Å². The van der Waals surface area contributed by atoms with E-state index in [2.05, 4.69) is 49.1 Å². The molecule has 0 bridgehead atoms. The number of benzene rings is 1. The van der Waals surface area contributed by atoms with Crippen molar-refractivity contribution in [2.75, 3.05) is 19.6 Å². The third-order valence-corrected chi connectivity index (χ3v) is 4.98. The molecule has 1 aromatic carbocycles. The van der Waals surface area contributed by atoms with Crippen molar-refractivity contribution in [3.63, 3.8) is 0 Å². The SMILES string of the molecule is C[C@@H]1CC2(CCN(CCc3ccccc3)C2)C[C@H](C)O1. The zero-order valence-corrected chi connectivity index (χ0v) is 12.8. The van der Waals surface area contributed by atoms with E-state index in [0.29, 0.717) is 17.6 Å². The van der Waals surface area contributed by atoms with Crippen LogP contribution in [-0.2, 0) is 11.2 Å². The molecule has 0 aliphatic carbocycles. The molecule has 110 valence electrons. The van der Waals surface area contributed by atoms with Crippen LogP contribution in [0, 0.1) is 5.41 Å². The molecular formula is C18H27NO. The number of nitrogens with zero attached hydrogens (tertiary/aromatic N) is 1. The fourth-order valence-corrected chi connectivity index (χ4v) is 4.28.